The molecule has 2 heterocycles. The first kappa shape index (κ1) is 16.0. The van der Waals surface area contributed by atoms with Crippen LogP contribution in [0.1, 0.15) is 23.7 Å². The van der Waals surface area contributed by atoms with Gasteiger partial charge in [0.15, 0.2) is 0 Å². The lowest BCUT2D eigenvalue weighted by Gasteiger charge is -2.07. The fourth-order valence-corrected chi connectivity index (χ4v) is 3.41. The van der Waals surface area contributed by atoms with E-state index in [0.717, 1.165) is 35.8 Å². The summed E-state index contributed by atoms with van der Waals surface area (Å²) in [7, 11) is 2.07. The molecule has 0 saturated carbocycles. The molecular formula is C18H21N3OS. The van der Waals surface area contributed by atoms with Gasteiger partial charge in [-0.2, -0.15) is 0 Å². The molecule has 0 fully saturated rings. The zero-order chi connectivity index (χ0) is 16.2. The van der Waals surface area contributed by atoms with Crippen molar-refractivity contribution in [3.63, 3.8) is 0 Å². The van der Waals surface area contributed by atoms with Crippen LogP contribution in [-0.4, -0.2) is 28.6 Å². The van der Waals surface area contributed by atoms with Crippen LogP contribution in [-0.2, 0) is 24.3 Å². The summed E-state index contributed by atoms with van der Waals surface area (Å²) < 4.78 is 0. The van der Waals surface area contributed by atoms with Gasteiger partial charge in [-0.1, -0.05) is 19.1 Å². The van der Waals surface area contributed by atoms with Crippen molar-refractivity contribution >= 4 is 23.4 Å². The highest BCUT2D eigenvalue weighted by molar-refractivity contribution is 7.99. The monoisotopic (exact) mass is 327 g/mol. The molecule has 3 rings (SSSR count). The minimum absolute atomic E-state index is 0.00556. The second-order valence-corrected chi connectivity index (χ2v) is 7.14. The Labute approximate surface area is 141 Å². The van der Waals surface area contributed by atoms with Crippen molar-refractivity contribution in [2.75, 3.05) is 18.1 Å². The number of pyridine rings is 1. The number of fused-ring (bicyclic) bond motifs is 1. The highest BCUT2D eigenvalue weighted by Crippen LogP contribution is 2.22. The van der Waals surface area contributed by atoms with Gasteiger partial charge in [0.25, 0.3) is 0 Å². The third-order valence-corrected chi connectivity index (χ3v) is 4.70. The van der Waals surface area contributed by atoms with E-state index in [1.54, 1.807) is 18.0 Å². The van der Waals surface area contributed by atoms with Crippen LogP contribution in [0.5, 0.6) is 0 Å². The van der Waals surface area contributed by atoms with Crippen molar-refractivity contribution in [3.05, 3.63) is 53.3 Å². The molecule has 1 aliphatic heterocycles. The molecule has 0 spiro atoms. The number of benzene rings is 1. The average molecular weight is 327 g/mol. The van der Waals surface area contributed by atoms with Gasteiger partial charge >= 0.3 is 0 Å². The van der Waals surface area contributed by atoms with E-state index in [1.807, 2.05) is 18.2 Å². The Kier molecular flexibility index (Phi) is 4.98. The molecule has 120 valence electrons. The fraction of sp³-hybridized carbons (Fsp3) is 0.333. The lowest BCUT2D eigenvalue weighted by molar-refractivity contribution is -0.115. The van der Waals surface area contributed by atoms with E-state index in [2.05, 4.69) is 41.3 Å². The van der Waals surface area contributed by atoms with Crippen LogP contribution >= 0.6 is 11.8 Å². The summed E-state index contributed by atoms with van der Waals surface area (Å²) in [6.07, 6.45) is 2.13. The Morgan fingerprint density at radius 3 is 2.83 bits per heavy atom. The maximum Gasteiger partial charge on any atom is 0.228 e. The zero-order valence-electron chi connectivity index (χ0n) is 13.5. The summed E-state index contributed by atoms with van der Waals surface area (Å²) in [4.78, 5) is 20.1. The van der Waals surface area contributed by atoms with Gasteiger partial charge in [0.1, 0.15) is 0 Å². The highest BCUT2D eigenvalue weighted by atomic mass is 32.2. The maximum atomic E-state index is 12.2. The van der Waals surface area contributed by atoms with Crippen LogP contribution in [0.15, 0.2) is 41.4 Å². The van der Waals surface area contributed by atoms with Gasteiger partial charge in [0, 0.05) is 18.0 Å². The van der Waals surface area contributed by atoms with Crippen molar-refractivity contribution in [3.8, 4) is 0 Å². The van der Waals surface area contributed by atoms with Crippen LogP contribution in [0.2, 0.25) is 0 Å². The molecule has 5 heteroatoms. The Morgan fingerprint density at radius 1 is 1.30 bits per heavy atom. The maximum absolute atomic E-state index is 12.2. The van der Waals surface area contributed by atoms with E-state index in [1.165, 1.54) is 10.5 Å². The number of nitrogens with zero attached hydrogens (tertiary/aromatic N) is 2. The van der Waals surface area contributed by atoms with Crippen molar-refractivity contribution < 1.29 is 4.79 Å². The molecule has 0 saturated heterocycles. The standard InChI is InChI=1S/C18H21N3OS/c1-3-23-16-6-4-13(5-7-16)8-18(22)20-15-9-14-11-21(2)12-17(14)19-10-15/h4-7,9-10H,3,8,11-12H2,1-2H3,(H,20,22). The molecule has 4 nitrogen and oxygen atoms in total. The molecule has 1 aromatic heterocycles. The summed E-state index contributed by atoms with van der Waals surface area (Å²) in [6, 6.07) is 10.2. The largest absolute Gasteiger partial charge is 0.324 e. The Bertz CT molecular complexity index is 700. The molecule has 0 atom stereocenters. The molecule has 0 radical (unpaired) electrons. The van der Waals surface area contributed by atoms with Crippen LogP contribution in [0, 0.1) is 0 Å². The number of aromatic nitrogens is 1. The van der Waals surface area contributed by atoms with Gasteiger partial charge in [-0.05, 0) is 42.1 Å². The molecule has 1 aromatic carbocycles. The van der Waals surface area contributed by atoms with Gasteiger partial charge < -0.3 is 5.32 Å². The molecule has 0 aliphatic carbocycles. The Morgan fingerprint density at radius 2 is 2.09 bits per heavy atom. The molecule has 1 amide bonds. The number of rotatable bonds is 5. The van der Waals surface area contributed by atoms with E-state index in [9.17, 15) is 4.79 Å². The smallest absolute Gasteiger partial charge is 0.228 e. The minimum atomic E-state index is -0.00556. The number of hydrogen-bond donors (Lipinski definition) is 1. The van der Waals surface area contributed by atoms with Crippen molar-refractivity contribution in [2.24, 2.45) is 0 Å². The lowest BCUT2D eigenvalue weighted by Crippen LogP contribution is -2.14. The molecule has 0 unspecified atom stereocenters. The van der Waals surface area contributed by atoms with Gasteiger partial charge in [-0.3, -0.25) is 14.7 Å². The Hall–Kier alpha value is -1.85. The van der Waals surface area contributed by atoms with Gasteiger partial charge in [-0.15, -0.1) is 11.8 Å². The van der Waals surface area contributed by atoms with Gasteiger partial charge in [0.2, 0.25) is 5.91 Å². The molecule has 0 bridgehead atoms. The van der Waals surface area contributed by atoms with Crippen molar-refractivity contribution in [2.45, 2.75) is 31.3 Å². The van der Waals surface area contributed by atoms with E-state index >= 15 is 0 Å². The quantitative estimate of drug-likeness (QED) is 0.856. The highest BCUT2D eigenvalue weighted by Gasteiger charge is 2.17. The molecule has 1 aliphatic rings. The third kappa shape index (κ3) is 4.12. The van der Waals surface area contributed by atoms with Crippen LogP contribution in [0.4, 0.5) is 5.69 Å². The second kappa shape index (κ2) is 7.15. The summed E-state index contributed by atoms with van der Waals surface area (Å²) in [5, 5.41) is 2.95. The number of nitrogens with one attached hydrogen (secondary N) is 1. The van der Waals surface area contributed by atoms with Crippen molar-refractivity contribution in [1.29, 1.82) is 0 Å². The fourth-order valence-electron chi connectivity index (χ4n) is 2.75. The summed E-state index contributed by atoms with van der Waals surface area (Å²) >= 11 is 1.80. The van der Waals surface area contributed by atoms with Gasteiger partial charge in [0.05, 0.1) is 24.0 Å². The van der Waals surface area contributed by atoms with E-state index in [-0.39, 0.29) is 5.91 Å². The number of amides is 1. The molecular weight excluding hydrogens is 306 g/mol. The summed E-state index contributed by atoms with van der Waals surface area (Å²) in [6.45, 7) is 3.91. The van der Waals surface area contributed by atoms with Crippen LogP contribution < -0.4 is 5.32 Å². The summed E-state index contributed by atoms with van der Waals surface area (Å²) in [5.41, 5.74) is 4.11. The zero-order valence-corrected chi connectivity index (χ0v) is 14.3. The SMILES string of the molecule is CCSc1ccc(CC(=O)Nc2cnc3c(c2)CN(C)C3)cc1. The number of anilines is 1. The average Bonchev–Trinajstić information content (AvgIpc) is 2.89. The lowest BCUT2D eigenvalue weighted by atomic mass is 10.1. The number of carbonyl (C=O) groups excluding carboxylic acids is 1. The third-order valence-electron chi connectivity index (χ3n) is 3.80. The minimum Gasteiger partial charge on any atom is -0.324 e. The normalized spacial score (nSPS) is 13.8. The second-order valence-electron chi connectivity index (χ2n) is 5.80. The van der Waals surface area contributed by atoms with Gasteiger partial charge in [-0.25, -0.2) is 0 Å². The first-order chi connectivity index (χ1) is 11.1. The predicted molar refractivity (Wildman–Crippen MR) is 94.6 cm³/mol. The number of carbonyl (C=O) groups is 1. The molecule has 1 N–H and O–H groups in total. The van der Waals surface area contributed by atoms with E-state index in [0.29, 0.717) is 6.42 Å². The number of hydrogen-bond acceptors (Lipinski definition) is 4. The topological polar surface area (TPSA) is 45.2 Å². The summed E-state index contributed by atoms with van der Waals surface area (Å²) in [5.74, 6) is 1.05. The van der Waals surface area contributed by atoms with E-state index < -0.39 is 0 Å². The first-order valence-electron chi connectivity index (χ1n) is 7.82. The molecule has 23 heavy (non-hydrogen) atoms. The van der Waals surface area contributed by atoms with Crippen molar-refractivity contribution in [1.82, 2.24) is 9.88 Å². The Balaban J connectivity index is 1.60. The predicted octanol–water partition coefficient (Wildman–Crippen LogP) is 3.32. The first-order valence-corrected chi connectivity index (χ1v) is 8.80. The molecule has 2 aromatic rings. The number of thioether (sulfide) groups is 1. The van der Waals surface area contributed by atoms with E-state index in [4.69, 9.17) is 0 Å². The van der Waals surface area contributed by atoms with Crippen LogP contribution in [0.3, 0.4) is 0 Å². The van der Waals surface area contributed by atoms with Crippen LogP contribution in [0.25, 0.3) is 0 Å².